The molecular weight excluding hydrogens is 274 g/mol. The molecule has 2 aromatic rings. The molecule has 102 valence electrons. The molecule has 0 radical (unpaired) electrons. The van der Waals surface area contributed by atoms with Crippen molar-refractivity contribution in [1.82, 2.24) is 0 Å². The van der Waals surface area contributed by atoms with Gasteiger partial charge in [-0.15, -0.1) is 0 Å². The molecule has 20 heavy (non-hydrogen) atoms. The van der Waals surface area contributed by atoms with Crippen LogP contribution in [0.5, 0.6) is 5.75 Å². The highest BCUT2D eigenvalue weighted by molar-refractivity contribution is 5.68. The van der Waals surface area contributed by atoms with Gasteiger partial charge in [0.1, 0.15) is 17.6 Å². The number of alkyl halides is 3. The number of hydrogen-bond acceptors (Lipinski definition) is 2. The molecule has 0 aliphatic heterocycles. The number of phenols is 1. The van der Waals surface area contributed by atoms with Crippen LogP contribution in [0.4, 0.5) is 17.6 Å². The molecule has 6 heteroatoms. The molecule has 1 N–H and O–H groups in total. The van der Waals surface area contributed by atoms with Crippen molar-refractivity contribution in [3.63, 3.8) is 0 Å². The Hall–Kier alpha value is -2.55. The number of halogens is 4. The van der Waals surface area contributed by atoms with Crippen molar-refractivity contribution >= 4 is 0 Å². The Kier molecular flexibility index (Phi) is 3.36. The fourth-order valence-corrected chi connectivity index (χ4v) is 1.77. The van der Waals surface area contributed by atoms with Crippen molar-refractivity contribution in [3.8, 4) is 22.9 Å². The summed E-state index contributed by atoms with van der Waals surface area (Å²) in [6.45, 7) is 0. The summed E-state index contributed by atoms with van der Waals surface area (Å²) < 4.78 is 51.9. The summed E-state index contributed by atoms with van der Waals surface area (Å²) in [6, 6.07) is 7.70. The zero-order chi connectivity index (χ0) is 14.9. The summed E-state index contributed by atoms with van der Waals surface area (Å²) in [4.78, 5) is 0. The molecule has 0 saturated carbocycles. The van der Waals surface area contributed by atoms with E-state index in [1.165, 1.54) is 18.2 Å². The van der Waals surface area contributed by atoms with Gasteiger partial charge in [-0.2, -0.15) is 18.4 Å². The van der Waals surface area contributed by atoms with E-state index in [9.17, 15) is 22.7 Å². The standard InChI is InChI=1S/C14H7F4NO/c15-13-8(7-19)2-1-3-12(13)9-4-10(14(16,17)18)6-11(20)5-9/h1-6,20H. The van der Waals surface area contributed by atoms with Gasteiger partial charge in [0.05, 0.1) is 11.1 Å². The lowest BCUT2D eigenvalue weighted by atomic mass is 10.00. The molecule has 0 unspecified atom stereocenters. The molecule has 0 atom stereocenters. The maximum absolute atomic E-state index is 13.9. The van der Waals surface area contributed by atoms with Crippen LogP contribution in [0.1, 0.15) is 11.1 Å². The Morgan fingerprint density at radius 2 is 1.80 bits per heavy atom. The summed E-state index contributed by atoms with van der Waals surface area (Å²) in [5, 5.41) is 18.1. The lowest BCUT2D eigenvalue weighted by Gasteiger charge is -2.11. The molecule has 2 nitrogen and oxygen atoms in total. The first-order valence-corrected chi connectivity index (χ1v) is 5.43. The van der Waals surface area contributed by atoms with Crippen LogP contribution in [-0.4, -0.2) is 5.11 Å². The third kappa shape index (κ3) is 2.57. The first kappa shape index (κ1) is 13.9. The Morgan fingerprint density at radius 1 is 1.10 bits per heavy atom. The largest absolute Gasteiger partial charge is 0.508 e. The van der Waals surface area contributed by atoms with Gasteiger partial charge in [0.15, 0.2) is 0 Å². The van der Waals surface area contributed by atoms with Gasteiger partial charge >= 0.3 is 6.18 Å². The summed E-state index contributed by atoms with van der Waals surface area (Å²) >= 11 is 0. The molecule has 0 bridgehead atoms. The van der Waals surface area contributed by atoms with Crippen LogP contribution in [0.3, 0.4) is 0 Å². The second-order valence-electron chi connectivity index (χ2n) is 4.05. The van der Waals surface area contributed by atoms with Crippen molar-refractivity contribution in [2.45, 2.75) is 6.18 Å². The van der Waals surface area contributed by atoms with Gasteiger partial charge in [0.2, 0.25) is 0 Å². The van der Waals surface area contributed by atoms with Crippen LogP contribution in [0.2, 0.25) is 0 Å². The smallest absolute Gasteiger partial charge is 0.416 e. The fraction of sp³-hybridized carbons (Fsp3) is 0.0714. The normalized spacial score (nSPS) is 11.2. The monoisotopic (exact) mass is 281 g/mol. The third-order valence-corrected chi connectivity index (χ3v) is 2.68. The molecule has 0 amide bonds. The van der Waals surface area contributed by atoms with Crippen LogP contribution >= 0.6 is 0 Å². The zero-order valence-electron chi connectivity index (χ0n) is 9.87. The minimum atomic E-state index is -4.66. The molecule has 0 aliphatic carbocycles. The topological polar surface area (TPSA) is 44.0 Å². The average molecular weight is 281 g/mol. The molecule has 0 saturated heterocycles. The Labute approximate surface area is 111 Å². The lowest BCUT2D eigenvalue weighted by Crippen LogP contribution is -2.05. The van der Waals surface area contributed by atoms with E-state index in [0.29, 0.717) is 6.07 Å². The van der Waals surface area contributed by atoms with E-state index in [4.69, 9.17) is 5.26 Å². The van der Waals surface area contributed by atoms with Crippen molar-refractivity contribution in [2.24, 2.45) is 0 Å². The first-order chi connectivity index (χ1) is 9.32. The quantitative estimate of drug-likeness (QED) is 0.800. The SMILES string of the molecule is N#Cc1cccc(-c2cc(O)cc(C(F)(F)F)c2)c1F. The summed E-state index contributed by atoms with van der Waals surface area (Å²) in [5.41, 5.74) is -1.69. The van der Waals surface area contributed by atoms with Crippen molar-refractivity contribution in [3.05, 3.63) is 53.3 Å². The average Bonchev–Trinajstić information content (AvgIpc) is 2.37. The van der Waals surface area contributed by atoms with Gasteiger partial charge in [-0.05, 0) is 29.8 Å². The number of phenolic OH excluding ortho intramolecular Hbond substituents is 1. The van der Waals surface area contributed by atoms with E-state index in [2.05, 4.69) is 0 Å². The molecule has 0 aliphatic rings. The number of aromatic hydroxyl groups is 1. The van der Waals surface area contributed by atoms with Crippen LogP contribution in [-0.2, 0) is 6.18 Å². The number of benzene rings is 2. The highest BCUT2D eigenvalue weighted by Gasteiger charge is 2.31. The predicted molar refractivity (Wildman–Crippen MR) is 63.2 cm³/mol. The van der Waals surface area contributed by atoms with Crippen molar-refractivity contribution in [2.75, 3.05) is 0 Å². The van der Waals surface area contributed by atoms with E-state index >= 15 is 0 Å². The molecule has 2 aromatic carbocycles. The van der Waals surface area contributed by atoms with Crippen LogP contribution in [0.15, 0.2) is 36.4 Å². The molecule has 0 heterocycles. The highest BCUT2D eigenvalue weighted by atomic mass is 19.4. The number of rotatable bonds is 1. The van der Waals surface area contributed by atoms with E-state index in [1.807, 2.05) is 0 Å². The van der Waals surface area contributed by atoms with Crippen LogP contribution in [0, 0.1) is 17.1 Å². The zero-order valence-corrected chi connectivity index (χ0v) is 9.87. The van der Waals surface area contributed by atoms with Crippen LogP contribution in [0.25, 0.3) is 11.1 Å². The highest BCUT2D eigenvalue weighted by Crippen LogP contribution is 2.36. The van der Waals surface area contributed by atoms with Gasteiger partial charge in [-0.1, -0.05) is 12.1 Å². The van der Waals surface area contributed by atoms with Gasteiger partial charge in [-0.3, -0.25) is 0 Å². The van der Waals surface area contributed by atoms with Gasteiger partial charge < -0.3 is 5.11 Å². The second-order valence-corrected chi connectivity index (χ2v) is 4.05. The van der Waals surface area contributed by atoms with Crippen LogP contribution < -0.4 is 0 Å². The molecule has 2 rings (SSSR count). The summed E-state index contributed by atoms with van der Waals surface area (Å²) in [6.07, 6.45) is -4.66. The van der Waals surface area contributed by atoms with E-state index < -0.39 is 23.3 Å². The molecule has 0 spiro atoms. The van der Waals surface area contributed by atoms with E-state index in [0.717, 1.165) is 12.1 Å². The minimum Gasteiger partial charge on any atom is -0.508 e. The summed E-state index contributed by atoms with van der Waals surface area (Å²) in [5.74, 6) is -1.55. The number of nitrogens with zero attached hydrogens (tertiary/aromatic N) is 1. The summed E-state index contributed by atoms with van der Waals surface area (Å²) in [7, 11) is 0. The maximum Gasteiger partial charge on any atom is 0.416 e. The number of hydrogen-bond donors (Lipinski definition) is 1. The van der Waals surface area contributed by atoms with Crippen molar-refractivity contribution < 1.29 is 22.7 Å². The second kappa shape index (κ2) is 4.85. The number of nitriles is 1. The molecule has 0 aromatic heterocycles. The minimum absolute atomic E-state index is 0.146. The van der Waals surface area contributed by atoms with Gasteiger partial charge in [0, 0.05) is 5.56 Å². The predicted octanol–water partition coefficient (Wildman–Crippen LogP) is 4.09. The Balaban J connectivity index is 2.66. The molecule has 0 fully saturated rings. The lowest BCUT2D eigenvalue weighted by molar-refractivity contribution is -0.137. The van der Waals surface area contributed by atoms with Gasteiger partial charge in [-0.25, -0.2) is 4.39 Å². The van der Waals surface area contributed by atoms with E-state index in [1.54, 1.807) is 6.07 Å². The fourth-order valence-electron chi connectivity index (χ4n) is 1.77. The van der Waals surface area contributed by atoms with E-state index in [-0.39, 0.29) is 16.7 Å². The van der Waals surface area contributed by atoms with Gasteiger partial charge in [0.25, 0.3) is 0 Å². The Morgan fingerprint density at radius 3 is 2.40 bits per heavy atom. The Bertz CT molecular complexity index is 701. The first-order valence-electron chi connectivity index (χ1n) is 5.43. The van der Waals surface area contributed by atoms with Crippen molar-refractivity contribution in [1.29, 1.82) is 5.26 Å². The third-order valence-electron chi connectivity index (χ3n) is 2.68. The maximum atomic E-state index is 13.9. The molecular formula is C14H7F4NO.